The van der Waals surface area contributed by atoms with Crippen LogP contribution >= 0.6 is 0 Å². The maximum atomic E-state index is 12.7. The van der Waals surface area contributed by atoms with Gasteiger partial charge in [0.25, 0.3) is 5.91 Å². The minimum absolute atomic E-state index is 0.197. The van der Waals surface area contributed by atoms with Crippen molar-refractivity contribution >= 4 is 5.91 Å². The van der Waals surface area contributed by atoms with Crippen molar-refractivity contribution in [2.75, 3.05) is 0 Å². The molecule has 142 valence electrons. The van der Waals surface area contributed by atoms with Gasteiger partial charge in [0.2, 0.25) is 5.88 Å². The molecule has 0 aliphatic heterocycles. The summed E-state index contributed by atoms with van der Waals surface area (Å²) in [6.07, 6.45) is 6.85. The van der Waals surface area contributed by atoms with Gasteiger partial charge in [0.15, 0.2) is 0 Å². The second-order valence-electron chi connectivity index (χ2n) is 6.23. The van der Waals surface area contributed by atoms with Crippen LogP contribution in [0, 0.1) is 0 Å². The highest BCUT2D eigenvalue weighted by Crippen LogP contribution is 2.21. The highest BCUT2D eigenvalue weighted by Gasteiger charge is 2.10. The Morgan fingerprint density at radius 2 is 1.79 bits per heavy atom. The zero-order chi connectivity index (χ0) is 19.9. The predicted molar refractivity (Wildman–Crippen MR) is 109 cm³/mol. The molecule has 6 heteroatoms. The van der Waals surface area contributed by atoms with Crippen molar-refractivity contribution in [1.29, 1.82) is 0 Å². The highest BCUT2D eigenvalue weighted by molar-refractivity contribution is 5.94. The number of rotatable bonds is 6. The van der Waals surface area contributed by atoms with E-state index in [0.717, 1.165) is 16.8 Å². The monoisotopic (exact) mass is 382 g/mol. The Balaban J connectivity index is 1.47. The molecule has 0 unspecified atom stereocenters. The van der Waals surface area contributed by atoms with Crippen LogP contribution in [0.5, 0.6) is 11.6 Å². The molecule has 0 aliphatic rings. The number of nitrogens with zero attached hydrogens (tertiary/aromatic N) is 3. The minimum atomic E-state index is -0.197. The van der Waals surface area contributed by atoms with Gasteiger partial charge in [-0.1, -0.05) is 18.2 Å². The molecule has 0 saturated heterocycles. The molecule has 29 heavy (non-hydrogen) atoms. The number of hydrogen-bond donors (Lipinski definition) is 1. The summed E-state index contributed by atoms with van der Waals surface area (Å²) < 4.78 is 5.70. The predicted octanol–water partition coefficient (Wildman–Crippen LogP) is 4.26. The quantitative estimate of drug-likeness (QED) is 0.539. The Bertz CT molecular complexity index is 1100. The first-order valence-corrected chi connectivity index (χ1v) is 9.11. The molecule has 1 N–H and O–H groups in total. The molecule has 3 heterocycles. The van der Waals surface area contributed by atoms with E-state index < -0.39 is 0 Å². The summed E-state index contributed by atoms with van der Waals surface area (Å²) in [5.41, 5.74) is 3.12. The van der Waals surface area contributed by atoms with Crippen molar-refractivity contribution in [1.82, 2.24) is 20.3 Å². The van der Waals surface area contributed by atoms with Gasteiger partial charge in [-0.3, -0.25) is 14.8 Å². The normalized spacial score (nSPS) is 10.3. The lowest BCUT2D eigenvalue weighted by Gasteiger charge is -2.11. The Morgan fingerprint density at radius 1 is 0.897 bits per heavy atom. The van der Waals surface area contributed by atoms with Crippen LogP contribution in [-0.2, 0) is 6.54 Å². The van der Waals surface area contributed by atoms with Crippen LogP contribution in [0.15, 0.2) is 91.5 Å². The second kappa shape index (κ2) is 8.75. The molecule has 0 radical (unpaired) electrons. The topological polar surface area (TPSA) is 77.0 Å². The zero-order valence-electron chi connectivity index (χ0n) is 15.5. The van der Waals surface area contributed by atoms with Crippen molar-refractivity contribution in [3.05, 3.63) is 103 Å². The Hall–Kier alpha value is -4.06. The lowest BCUT2D eigenvalue weighted by atomic mass is 10.1. The molecular formula is C23H18N4O2. The summed E-state index contributed by atoms with van der Waals surface area (Å²) in [4.78, 5) is 25.4. The van der Waals surface area contributed by atoms with Crippen molar-refractivity contribution in [2.24, 2.45) is 0 Å². The maximum Gasteiger partial charge on any atom is 0.251 e. The summed E-state index contributed by atoms with van der Waals surface area (Å²) in [6.45, 7) is 0.349. The van der Waals surface area contributed by atoms with Gasteiger partial charge in [0.1, 0.15) is 5.75 Å². The molecular weight excluding hydrogens is 364 g/mol. The molecule has 0 fully saturated rings. The van der Waals surface area contributed by atoms with Crippen LogP contribution < -0.4 is 10.1 Å². The largest absolute Gasteiger partial charge is 0.439 e. The summed E-state index contributed by atoms with van der Waals surface area (Å²) in [5.74, 6) is 0.827. The molecule has 1 amide bonds. The minimum Gasteiger partial charge on any atom is -0.439 e. The summed E-state index contributed by atoms with van der Waals surface area (Å²) in [6, 6.07) is 20.0. The summed E-state index contributed by atoms with van der Waals surface area (Å²) in [7, 11) is 0. The van der Waals surface area contributed by atoms with Crippen LogP contribution in [0.4, 0.5) is 0 Å². The number of hydrogen-bond acceptors (Lipinski definition) is 5. The van der Waals surface area contributed by atoms with E-state index in [9.17, 15) is 4.79 Å². The number of carbonyl (C=O) groups is 1. The SMILES string of the molecule is O=C(NCc1cccnc1-c1cccnc1)c1cccc(Oc2ccccn2)c1. The molecule has 3 aromatic heterocycles. The molecule has 0 spiro atoms. The Kier molecular flexibility index (Phi) is 5.53. The lowest BCUT2D eigenvalue weighted by Crippen LogP contribution is -2.23. The molecule has 0 bridgehead atoms. The first kappa shape index (κ1) is 18.3. The van der Waals surface area contributed by atoms with E-state index in [1.807, 2.05) is 36.4 Å². The fourth-order valence-electron chi connectivity index (χ4n) is 2.85. The van der Waals surface area contributed by atoms with Crippen molar-refractivity contribution < 1.29 is 9.53 Å². The van der Waals surface area contributed by atoms with Gasteiger partial charge >= 0.3 is 0 Å². The van der Waals surface area contributed by atoms with Gasteiger partial charge < -0.3 is 10.1 Å². The fourth-order valence-corrected chi connectivity index (χ4v) is 2.85. The average Bonchev–Trinajstić information content (AvgIpc) is 2.79. The third-order valence-corrected chi connectivity index (χ3v) is 4.22. The van der Waals surface area contributed by atoms with Gasteiger partial charge in [0.05, 0.1) is 5.69 Å². The number of carbonyl (C=O) groups excluding carboxylic acids is 1. The molecule has 0 saturated carbocycles. The standard InChI is InChI=1S/C23H18N4O2/c28-23(17-6-3-9-20(14-17)29-21-10-1-2-12-25-21)27-16-19-8-5-13-26-22(19)18-7-4-11-24-15-18/h1-15H,16H2,(H,27,28). The molecule has 6 nitrogen and oxygen atoms in total. The van der Waals surface area contributed by atoms with E-state index >= 15 is 0 Å². The van der Waals surface area contributed by atoms with E-state index in [0.29, 0.717) is 23.7 Å². The van der Waals surface area contributed by atoms with Gasteiger partial charge in [-0.05, 0) is 48.0 Å². The highest BCUT2D eigenvalue weighted by atomic mass is 16.5. The van der Waals surface area contributed by atoms with Crippen molar-refractivity contribution in [3.8, 4) is 22.9 Å². The van der Waals surface area contributed by atoms with E-state index in [4.69, 9.17) is 4.74 Å². The fraction of sp³-hybridized carbons (Fsp3) is 0.0435. The van der Waals surface area contributed by atoms with Crippen LogP contribution in [0.25, 0.3) is 11.3 Å². The van der Waals surface area contributed by atoms with E-state index in [1.54, 1.807) is 55.1 Å². The van der Waals surface area contributed by atoms with Crippen LogP contribution in [0.1, 0.15) is 15.9 Å². The number of amides is 1. The zero-order valence-corrected chi connectivity index (χ0v) is 15.5. The Labute approximate surface area is 168 Å². The number of aromatic nitrogens is 3. The van der Waals surface area contributed by atoms with Gasteiger partial charge in [-0.15, -0.1) is 0 Å². The molecule has 4 aromatic rings. The third kappa shape index (κ3) is 4.62. The first-order valence-electron chi connectivity index (χ1n) is 9.11. The summed E-state index contributed by atoms with van der Waals surface area (Å²) >= 11 is 0. The number of pyridine rings is 3. The lowest BCUT2D eigenvalue weighted by molar-refractivity contribution is 0.0950. The third-order valence-electron chi connectivity index (χ3n) is 4.22. The van der Waals surface area contributed by atoms with Crippen LogP contribution in [0.3, 0.4) is 0 Å². The molecule has 0 atom stereocenters. The molecule has 0 aliphatic carbocycles. The summed E-state index contributed by atoms with van der Waals surface area (Å²) in [5, 5.41) is 2.95. The van der Waals surface area contributed by atoms with Gasteiger partial charge in [-0.2, -0.15) is 0 Å². The smallest absolute Gasteiger partial charge is 0.251 e. The average molecular weight is 382 g/mol. The van der Waals surface area contributed by atoms with Gasteiger partial charge in [0, 0.05) is 48.5 Å². The van der Waals surface area contributed by atoms with Gasteiger partial charge in [-0.25, -0.2) is 4.98 Å². The Morgan fingerprint density at radius 3 is 2.62 bits per heavy atom. The van der Waals surface area contributed by atoms with Crippen molar-refractivity contribution in [3.63, 3.8) is 0 Å². The maximum absolute atomic E-state index is 12.7. The number of benzene rings is 1. The van der Waals surface area contributed by atoms with Crippen molar-refractivity contribution in [2.45, 2.75) is 6.54 Å². The van der Waals surface area contributed by atoms with E-state index in [-0.39, 0.29) is 5.91 Å². The van der Waals surface area contributed by atoms with E-state index in [1.165, 1.54) is 0 Å². The molecule has 1 aromatic carbocycles. The molecule has 4 rings (SSSR count). The first-order chi connectivity index (χ1) is 14.3. The number of nitrogens with one attached hydrogen (secondary N) is 1. The van der Waals surface area contributed by atoms with E-state index in [2.05, 4.69) is 20.3 Å². The van der Waals surface area contributed by atoms with Crippen LogP contribution in [-0.4, -0.2) is 20.9 Å². The number of ether oxygens (including phenoxy) is 1. The second-order valence-corrected chi connectivity index (χ2v) is 6.23. The van der Waals surface area contributed by atoms with Crippen LogP contribution in [0.2, 0.25) is 0 Å².